The van der Waals surface area contributed by atoms with Crippen molar-refractivity contribution in [3.8, 4) is 0 Å². The van der Waals surface area contributed by atoms with Crippen molar-refractivity contribution in [2.75, 3.05) is 26.2 Å². The van der Waals surface area contributed by atoms with E-state index in [1.165, 1.54) is 4.31 Å². The zero-order valence-electron chi connectivity index (χ0n) is 10.3. The van der Waals surface area contributed by atoms with Crippen molar-refractivity contribution in [3.63, 3.8) is 0 Å². The van der Waals surface area contributed by atoms with E-state index in [1.54, 1.807) is 4.90 Å². The van der Waals surface area contributed by atoms with Crippen LogP contribution in [0.1, 0.15) is 19.3 Å². The number of hydrogen-bond donors (Lipinski definition) is 1. The van der Waals surface area contributed by atoms with Crippen molar-refractivity contribution >= 4 is 16.1 Å². The number of carbonyl (C=O) groups is 1. The van der Waals surface area contributed by atoms with E-state index in [9.17, 15) is 13.2 Å². The summed E-state index contributed by atoms with van der Waals surface area (Å²) in [7, 11) is -3.61. The molecule has 0 bridgehead atoms. The molecule has 1 unspecified atom stereocenters. The number of nitrogens with two attached hydrogens (primary N) is 1. The molecule has 1 atom stereocenters. The number of rotatable bonds is 3. The van der Waals surface area contributed by atoms with Crippen molar-refractivity contribution in [2.45, 2.75) is 19.3 Å². The molecule has 0 saturated carbocycles. The van der Waals surface area contributed by atoms with Gasteiger partial charge in [0.1, 0.15) is 0 Å². The second-order valence-electron chi connectivity index (χ2n) is 4.79. The molecule has 0 spiro atoms. The van der Waals surface area contributed by atoms with Crippen LogP contribution >= 0.6 is 0 Å². The zero-order chi connectivity index (χ0) is 13.2. The van der Waals surface area contributed by atoms with Gasteiger partial charge in [0.25, 0.3) is 10.2 Å². The lowest BCUT2D eigenvalue weighted by atomic mass is 10.0. The van der Waals surface area contributed by atoms with Gasteiger partial charge in [-0.3, -0.25) is 4.79 Å². The largest absolute Gasteiger partial charge is 0.340 e. The SMILES string of the molecule is NS(=O)(=O)N1CCN(C(=O)CC2C=CCC2)CC1. The molecule has 1 aliphatic heterocycles. The number of carbonyl (C=O) groups excluding carboxylic acids is 1. The molecule has 2 aliphatic rings. The first-order valence-corrected chi connectivity index (χ1v) is 7.69. The van der Waals surface area contributed by atoms with Crippen LogP contribution in [0.2, 0.25) is 0 Å². The van der Waals surface area contributed by atoms with E-state index in [4.69, 9.17) is 5.14 Å². The molecule has 102 valence electrons. The van der Waals surface area contributed by atoms with Crippen LogP contribution in [-0.4, -0.2) is 49.7 Å². The predicted molar refractivity (Wildman–Crippen MR) is 67.7 cm³/mol. The Morgan fingerprint density at radius 1 is 1.28 bits per heavy atom. The second-order valence-corrected chi connectivity index (χ2v) is 6.34. The maximum absolute atomic E-state index is 12.0. The molecule has 0 radical (unpaired) electrons. The first-order valence-electron chi connectivity index (χ1n) is 6.19. The summed E-state index contributed by atoms with van der Waals surface area (Å²) in [6, 6.07) is 0. The quantitative estimate of drug-likeness (QED) is 0.716. The number of piperazine rings is 1. The smallest absolute Gasteiger partial charge is 0.277 e. The van der Waals surface area contributed by atoms with Gasteiger partial charge in [0.15, 0.2) is 0 Å². The standard InChI is InChI=1S/C11H19N3O3S/c12-18(16,17)14-7-5-13(6-8-14)11(15)9-10-3-1-2-4-10/h1,3,10H,2,4-9H2,(H2,12,16,17). The molecule has 1 saturated heterocycles. The van der Waals surface area contributed by atoms with Crippen molar-refractivity contribution in [2.24, 2.45) is 11.1 Å². The summed E-state index contributed by atoms with van der Waals surface area (Å²) in [5, 5.41) is 5.05. The fourth-order valence-corrected chi connectivity index (χ4v) is 3.08. The molecule has 1 aliphatic carbocycles. The summed E-state index contributed by atoms with van der Waals surface area (Å²) in [5.74, 6) is 0.467. The Hall–Kier alpha value is -0.920. The lowest BCUT2D eigenvalue weighted by Gasteiger charge is -2.33. The number of nitrogens with zero attached hydrogens (tertiary/aromatic N) is 2. The normalized spacial score (nSPS) is 25.6. The Morgan fingerprint density at radius 2 is 1.94 bits per heavy atom. The van der Waals surface area contributed by atoms with Gasteiger partial charge in [0.05, 0.1) is 0 Å². The molecule has 0 aromatic carbocycles. The minimum atomic E-state index is -3.61. The van der Waals surface area contributed by atoms with Gasteiger partial charge in [-0.15, -0.1) is 0 Å². The van der Waals surface area contributed by atoms with Gasteiger partial charge in [0, 0.05) is 32.6 Å². The molecular weight excluding hydrogens is 254 g/mol. The highest BCUT2D eigenvalue weighted by atomic mass is 32.2. The third kappa shape index (κ3) is 3.30. The molecule has 0 aromatic heterocycles. The maximum atomic E-state index is 12.0. The first kappa shape index (κ1) is 13.5. The summed E-state index contributed by atoms with van der Waals surface area (Å²) in [6.45, 7) is 1.47. The highest BCUT2D eigenvalue weighted by Crippen LogP contribution is 2.21. The maximum Gasteiger partial charge on any atom is 0.277 e. The Labute approximate surface area is 108 Å². The van der Waals surface area contributed by atoms with Crippen molar-refractivity contribution in [3.05, 3.63) is 12.2 Å². The Bertz CT molecular complexity index is 438. The topological polar surface area (TPSA) is 83.7 Å². The van der Waals surface area contributed by atoms with E-state index in [-0.39, 0.29) is 5.91 Å². The zero-order valence-corrected chi connectivity index (χ0v) is 11.1. The highest BCUT2D eigenvalue weighted by Gasteiger charge is 2.27. The van der Waals surface area contributed by atoms with Crippen molar-refractivity contribution in [1.82, 2.24) is 9.21 Å². The average molecular weight is 273 g/mol. The van der Waals surface area contributed by atoms with Crippen molar-refractivity contribution < 1.29 is 13.2 Å². The monoisotopic (exact) mass is 273 g/mol. The van der Waals surface area contributed by atoms with Gasteiger partial charge in [-0.25, -0.2) is 5.14 Å². The molecule has 0 aromatic rings. The Kier molecular flexibility index (Phi) is 4.04. The lowest BCUT2D eigenvalue weighted by molar-refractivity contribution is -0.133. The highest BCUT2D eigenvalue weighted by molar-refractivity contribution is 7.86. The number of amides is 1. The first-order chi connectivity index (χ1) is 8.47. The summed E-state index contributed by atoms with van der Waals surface area (Å²) in [5.41, 5.74) is 0. The van der Waals surface area contributed by atoms with Gasteiger partial charge in [-0.1, -0.05) is 12.2 Å². The molecule has 6 nitrogen and oxygen atoms in total. The molecule has 2 rings (SSSR count). The summed E-state index contributed by atoms with van der Waals surface area (Å²) < 4.78 is 23.5. The minimum absolute atomic E-state index is 0.112. The van der Waals surface area contributed by atoms with Crippen LogP contribution in [0, 0.1) is 5.92 Å². The van der Waals surface area contributed by atoms with Crippen LogP contribution in [0.15, 0.2) is 12.2 Å². The lowest BCUT2D eigenvalue weighted by Crippen LogP contribution is -2.52. The fraction of sp³-hybridized carbons (Fsp3) is 0.727. The van der Waals surface area contributed by atoms with E-state index in [0.717, 1.165) is 12.8 Å². The van der Waals surface area contributed by atoms with Crippen LogP contribution in [-0.2, 0) is 15.0 Å². The molecule has 18 heavy (non-hydrogen) atoms. The third-order valence-electron chi connectivity index (χ3n) is 3.50. The summed E-state index contributed by atoms with van der Waals surface area (Å²) >= 11 is 0. The van der Waals surface area contributed by atoms with Crippen LogP contribution in [0.5, 0.6) is 0 Å². The van der Waals surface area contributed by atoms with Gasteiger partial charge in [0.2, 0.25) is 5.91 Å². The Morgan fingerprint density at radius 3 is 2.44 bits per heavy atom. The van der Waals surface area contributed by atoms with E-state index >= 15 is 0 Å². The minimum Gasteiger partial charge on any atom is -0.340 e. The average Bonchev–Trinajstić information content (AvgIpc) is 2.81. The summed E-state index contributed by atoms with van der Waals surface area (Å²) in [6.07, 6.45) is 6.83. The van der Waals surface area contributed by atoms with Gasteiger partial charge >= 0.3 is 0 Å². The van der Waals surface area contributed by atoms with Gasteiger partial charge in [-0.05, 0) is 18.8 Å². The molecular formula is C11H19N3O3S. The van der Waals surface area contributed by atoms with E-state index in [2.05, 4.69) is 12.2 Å². The van der Waals surface area contributed by atoms with Gasteiger partial charge < -0.3 is 4.90 Å². The molecule has 1 fully saturated rings. The van der Waals surface area contributed by atoms with E-state index in [0.29, 0.717) is 38.5 Å². The second kappa shape index (κ2) is 5.38. The van der Waals surface area contributed by atoms with Crippen LogP contribution in [0.3, 0.4) is 0 Å². The predicted octanol–water partition coefficient (Wildman–Crippen LogP) is -0.310. The van der Waals surface area contributed by atoms with Crippen LogP contribution < -0.4 is 5.14 Å². The van der Waals surface area contributed by atoms with Crippen LogP contribution in [0.25, 0.3) is 0 Å². The Balaban J connectivity index is 1.82. The molecule has 7 heteroatoms. The number of hydrogen-bond acceptors (Lipinski definition) is 3. The van der Waals surface area contributed by atoms with E-state index < -0.39 is 10.2 Å². The molecule has 2 N–H and O–H groups in total. The third-order valence-corrected chi connectivity index (χ3v) is 4.59. The van der Waals surface area contributed by atoms with Gasteiger partial charge in [-0.2, -0.15) is 12.7 Å². The van der Waals surface area contributed by atoms with E-state index in [1.807, 2.05) is 0 Å². The summed E-state index contributed by atoms with van der Waals surface area (Å²) in [4.78, 5) is 13.7. The molecule has 1 heterocycles. The van der Waals surface area contributed by atoms with Crippen LogP contribution in [0.4, 0.5) is 0 Å². The number of allylic oxidation sites excluding steroid dienone is 2. The fourth-order valence-electron chi connectivity index (χ4n) is 2.41. The van der Waals surface area contributed by atoms with Crippen molar-refractivity contribution in [1.29, 1.82) is 0 Å². The molecule has 1 amide bonds.